The first-order valence-corrected chi connectivity index (χ1v) is 5.06. The van der Waals surface area contributed by atoms with Crippen molar-refractivity contribution in [3.05, 3.63) is 35.9 Å². The number of likely N-dealkylation sites (N-methyl/N-ethyl adjacent to an activating group) is 1. The molecule has 0 atom stereocenters. The summed E-state index contributed by atoms with van der Waals surface area (Å²) in [7, 11) is 1.98. The Hall–Kier alpha value is -0.860. The van der Waals surface area contributed by atoms with Crippen LogP contribution in [0.1, 0.15) is 5.56 Å². The Labute approximate surface area is 90.3 Å². The Morgan fingerprint density at radius 2 is 1.93 bits per heavy atom. The van der Waals surface area contributed by atoms with Gasteiger partial charge < -0.3 is 10.1 Å². The second-order valence-electron chi connectivity index (χ2n) is 2.66. The minimum absolute atomic E-state index is 0.111. The second kappa shape index (κ2) is 10.2. The fourth-order valence-electron chi connectivity index (χ4n) is 0.914. The van der Waals surface area contributed by atoms with Crippen LogP contribution in [0, 0.1) is 0 Å². The Balaban J connectivity index is 0.000000364. The van der Waals surface area contributed by atoms with Gasteiger partial charge in [-0.1, -0.05) is 30.3 Å². The van der Waals surface area contributed by atoms with E-state index in [2.05, 4.69) is 29.6 Å². The highest BCUT2D eigenvalue weighted by molar-refractivity contribution is 6.24. The number of carbonyl (C=O) groups is 1. The molecule has 1 N–H and O–H groups in total. The number of benzene rings is 1. The lowest BCUT2D eigenvalue weighted by Gasteiger charge is -1.97. The normalized spacial score (nSPS) is 8.71. The zero-order chi connectivity index (χ0) is 10.6. The molecule has 0 bridgehead atoms. The summed E-state index contributed by atoms with van der Waals surface area (Å²) < 4.78 is 0. The van der Waals surface area contributed by atoms with E-state index in [1.165, 1.54) is 5.56 Å². The largest absolute Gasteiger partial charge is 0.319 e. The minimum Gasteiger partial charge on any atom is -0.319 e. The number of carbonyl (C=O) groups excluding carboxylic acids is 1. The molecule has 14 heavy (non-hydrogen) atoms. The van der Waals surface area contributed by atoms with Crippen molar-refractivity contribution in [1.29, 1.82) is 0 Å². The van der Waals surface area contributed by atoms with Gasteiger partial charge in [0.1, 0.15) is 6.29 Å². The first kappa shape index (κ1) is 13.1. The average Bonchev–Trinajstić information content (AvgIpc) is 2.28. The minimum atomic E-state index is 0.111. The number of hydrogen-bond donors (Lipinski definition) is 1. The maximum Gasteiger partial charge on any atom is 0.134 e. The molecule has 0 radical (unpaired) electrons. The molecule has 1 aromatic rings. The quantitative estimate of drug-likeness (QED) is 0.611. The van der Waals surface area contributed by atoms with Crippen LogP contribution in [0.25, 0.3) is 0 Å². The summed E-state index contributed by atoms with van der Waals surface area (Å²) >= 11 is 4.82. The number of alkyl halides is 1. The fourth-order valence-corrected chi connectivity index (χ4v) is 0.914. The van der Waals surface area contributed by atoms with Crippen LogP contribution in [0.4, 0.5) is 0 Å². The van der Waals surface area contributed by atoms with Gasteiger partial charge in [-0.05, 0) is 25.6 Å². The summed E-state index contributed by atoms with van der Waals surface area (Å²) in [5.41, 5.74) is 1.40. The highest BCUT2D eigenvalue weighted by Gasteiger charge is 1.86. The number of rotatable bonds is 4. The van der Waals surface area contributed by atoms with E-state index >= 15 is 0 Å². The molecule has 0 aromatic heterocycles. The van der Waals surface area contributed by atoms with Crippen LogP contribution >= 0.6 is 11.6 Å². The van der Waals surface area contributed by atoms with Crippen LogP contribution in [0.3, 0.4) is 0 Å². The predicted octanol–water partition coefficient (Wildman–Crippen LogP) is 1.87. The first-order chi connectivity index (χ1) is 6.85. The van der Waals surface area contributed by atoms with E-state index in [0.717, 1.165) is 13.0 Å². The predicted molar refractivity (Wildman–Crippen MR) is 60.9 cm³/mol. The SMILES string of the molecule is CNCCc1ccccc1.O=CCCl. The zero-order valence-electron chi connectivity index (χ0n) is 8.37. The molecular weight excluding hydrogens is 198 g/mol. The van der Waals surface area contributed by atoms with E-state index in [1.54, 1.807) is 0 Å². The van der Waals surface area contributed by atoms with Gasteiger partial charge in [0.15, 0.2) is 0 Å². The van der Waals surface area contributed by atoms with Crippen LogP contribution in [0.15, 0.2) is 30.3 Å². The summed E-state index contributed by atoms with van der Waals surface area (Å²) in [5.74, 6) is 0.111. The lowest BCUT2D eigenvalue weighted by molar-refractivity contribution is -0.105. The number of aldehydes is 1. The number of halogens is 1. The molecule has 3 heteroatoms. The Morgan fingerprint density at radius 1 is 1.36 bits per heavy atom. The van der Waals surface area contributed by atoms with Crippen molar-refractivity contribution in [2.75, 3.05) is 19.5 Å². The van der Waals surface area contributed by atoms with E-state index in [9.17, 15) is 0 Å². The van der Waals surface area contributed by atoms with Gasteiger partial charge in [-0.15, -0.1) is 11.6 Å². The summed E-state index contributed by atoms with van der Waals surface area (Å²) in [6, 6.07) is 10.5. The maximum absolute atomic E-state index is 9.04. The van der Waals surface area contributed by atoms with Gasteiger partial charge >= 0.3 is 0 Å². The van der Waals surface area contributed by atoms with Crippen molar-refractivity contribution in [1.82, 2.24) is 5.32 Å². The van der Waals surface area contributed by atoms with Crippen molar-refractivity contribution in [3.8, 4) is 0 Å². The van der Waals surface area contributed by atoms with E-state index in [-0.39, 0.29) is 5.88 Å². The van der Waals surface area contributed by atoms with Gasteiger partial charge in [-0.3, -0.25) is 0 Å². The van der Waals surface area contributed by atoms with Gasteiger partial charge in [0.2, 0.25) is 0 Å². The van der Waals surface area contributed by atoms with Gasteiger partial charge in [-0.2, -0.15) is 0 Å². The van der Waals surface area contributed by atoms with Crippen molar-refractivity contribution >= 4 is 17.9 Å². The molecule has 0 aliphatic rings. The first-order valence-electron chi connectivity index (χ1n) is 4.53. The molecule has 0 amide bonds. The average molecular weight is 214 g/mol. The topological polar surface area (TPSA) is 29.1 Å². The lowest BCUT2D eigenvalue weighted by Crippen LogP contribution is -2.09. The van der Waals surface area contributed by atoms with Gasteiger partial charge in [0, 0.05) is 0 Å². The summed E-state index contributed by atoms with van der Waals surface area (Å²) in [4.78, 5) is 9.04. The third kappa shape index (κ3) is 7.77. The summed E-state index contributed by atoms with van der Waals surface area (Å²) in [6.45, 7) is 1.06. The zero-order valence-corrected chi connectivity index (χ0v) is 9.13. The molecule has 0 aliphatic heterocycles. The van der Waals surface area contributed by atoms with Crippen LogP contribution in [0.2, 0.25) is 0 Å². The summed E-state index contributed by atoms with van der Waals surface area (Å²) in [5, 5.41) is 3.12. The molecule has 0 saturated heterocycles. The summed E-state index contributed by atoms with van der Waals surface area (Å²) in [6.07, 6.45) is 1.76. The molecule has 0 heterocycles. The van der Waals surface area contributed by atoms with Gasteiger partial charge in [0.25, 0.3) is 0 Å². The molecular formula is C11H16ClNO. The molecule has 2 nitrogen and oxygen atoms in total. The van der Waals surface area contributed by atoms with E-state index in [0.29, 0.717) is 6.29 Å². The highest BCUT2D eigenvalue weighted by Crippen LogP contribution is 1.97. The van der Waals surface area contributed by atoms with Gasteiger partial charge in [-0.25, -0.2) is 0 Å². The Morgan fingerprint density at radius 3 is 2.36 bits per heavy atom. The third-order valence-corrected chi connectivity index (χ3v) is 1.70. The molecule has 0 aliphatic carbocycles. The molecule has 0 spiro atoms. The van der Waals surface area contributed by atoms with Crippen molar-refractivity contribution in [2.24, 2.45) is 0 Å². The molecule has 0 saturated carbocycles. The van der Waals surface area contributed by atoms with Crippen LogP contribution in [-0.4, -0.2) is 25.8 Å². The molecule has 1 aromatic carbocycles. The monoisotopic (exact) mass is 213 g/mol. The van der Waals surface area contributed by atoms with E-state index in [4.69, 9.17) is 16.4 Å². The lowest BCUT2D eigenvalue weighted by atomic mass is 10.2. The van der Waals surface area contributed by atoms with Crippen LogP contribution < -0.4 is 5.32 Å². The van der Waals surface area contributed by atoms with E-state index in [1.807, 2.05) is 13.1 Å². The molecule has 78 valence electrons. The Bertz CT molecular complexity index is 226. The smallest absolute Gasteiger partial charge is 0.134 e. The van der Waals surface area contributed by atoms with Gasteiger partial charge in [0.05, 0.1) is 5.88 Å². The van der Waals surface area contributed by atoms with Crippen LogP contribution in [0.5, 0.6) is 0 Å². The maximum atomic E-state index is 9.04. The van der Waals surface area contributed by atoms with Crippen molar-refractivity contribution < 1.29 is 4.79 Å². The third-order valence-electron chi connectivity index (χ3n) is 1.57. The molecule has 1 rings (SSSR count). The Kier molecular flexibility index (Phi) is 9.59. The van der Waals surface area contributed by atoms with Crippen molar-refractivity contribution in [3.63, 3.8) is 0 Å². The molecule has 0 unspecified atom stereocenters. The standard InChI is InChI=1S/C9H13N.C2H3ClO/c1-10-8-7-9-5-3-2-4-6-9;3-1-2-4/h2-6,10H,7-8H2,1H3;2H,1H2. The fraction of sp³-hybridized carbons (Fsp3) is 0.364. The number of hydrogen-bond acceptors (Lipinski definition) is 2. The highest BCUT2D eigenvalue weighted by atomic mass is 35.5. The van der Waals surface area contributed by atoms with E-state index < -0.39 is 0 Å². The van der Waals surface area contributed by atoms with Crippen LogP contribution in [-0.2, 0) is 11.2 Å². The molecule has 0 fully saturated rings. The second-order valence-corrected chi connectivity index (χ2v) is 2.97. The van der Waals surface area contributed by atoms with Crippen molar-refractivity contribution in [2.45, 2.75) is 6.42 Å². The number of nitrogens with one attached hydrogen (secondary N) is 1.